The SMILES string of the molecule is O=C(OC1CCOC1)N1CCC(C(=O)NO)(C(N2CCC(c3c(F)cc(F)cc3F)CC2)=S(=O)=O)CC1. The van der Waals surface area contributed by atoms with E-state index in [9.17, 15) is 36.4 Å². The van der Waals surface area contributed by atoms with Crippen LogP contribution in [-0.2, 0) is 24.6 Å². The standard InChI is InChI=1S/C23H28F3N3O7S/c24-15-11-17(25)19(18(26)12-15)14-1-6-28(7-2-14)21(37(33)34)23(20(30)27-32)4-8-29(9-5-23)22(31)36-16-3-10-35-13-16/h11-12,14,16,32H,1-10,13H2,(H,27,30). The first-order valence-electron chi connectivity index (χ1n) is 12.0. The summed E-state index contributed by atoms with van der Waals surface area (Å²) >= 11 is 0. The molecule has 2 N–H and O–H groups in total. The number of halogens is 3. The molecule has 1 aromatic carbocycles. The number of benzene rings is 1. The quantitative estimate of drug-likeness (QED) is 0.332. The molecule has 1 aromatic rings. The smallest absolute Gasteiger partial charge is 0.410 e. The second-order valence-electron chi connectivity index (χ2n) is 9.46. The van der Waals surface area contributed by atoms with Crippen LogP contribution in [0.15, 0.2) is 12.1 Å². The minimum atomic E-state index is -2.88. The van der Waals surface area contributed by atoms with Gasteiger partial charge in [-0.1, -0.05) is 0 Å². The van der Waals surface area contributed by atoms with Crippen molar-refractivity contribution in [2.24, 2.45) is 5.41 Å². The van der Waals surface area contributed by atoms with Gasteiger partial charge in [0.15, 0.2) is 0 Å². The fourth-order valence-corrected chi connectivity index (χ4v) is 6.43. The zero-order chi connectivity index (χ0) is 26.7. The number of nitrogens with zero attached hydrogens (tertiary/aromatic N) is 2. The predicted molar refractivity (Wildman–Crippen MR) is 123 cm³/mol. The number of nitrogens with one attached hydrogen (secondary N) is 1. The van der Waals surface area contributed by atoms with Gasteiger partial charge in [0.2, 0.25) is 10.3 Å². The van der Waals surface area contributed by atoms with Crippen LogP contribution in [0.25, 0.3) is 0 Å². The van der Waals surface area contributed by atoms with Crippen molar-refractivity contribution in [1.29, 1.82) is 0 Å². The van der Waals surface area contributed by atoms with Crippen molar-refractivity contribution >= 4 is 27.3 Å². The van der Waals surface area contributed by atoms with Crippen molar-refractivity contribution in [3.05, 3.63) is 35.1 Å². The Hall–Kier alpha value is -2.68. The average Bonchev–Trinajstić information content (AvgIpc) is 3.37. The van der Waals surface area contributed by atoms with E-state index in [1.165, 1.54) is 9.80 Å². The fraction of sp³-hybridized carbons (Fsp3) is 0.609. The molecular weight excluding hydrogens is 519 g/mol. The maximum atomic E-state index is 14.3. The van der Waals surface area contributed by atoms with Gasteiger partial charge in [0, 0.05) is 50.3 Å². The van der Waals surface area contributed by atoms with E-state index in [0.717, 1.165) is 0 Å². The lowest BCUT2D eigenvalue weighted by molar-refractivity contribution is -0.138. The lowest BCUT2D eigenvalue weighted by Gasteiger charge is -2.43. The molecule has 1 atom stereocenters. The van der Waals surface area contributed by atoms with Crippen LogP contribution in [0.3, 0.4) is 0 Å². The van der Waals surface area contributed by atoms with Crippen molar-refractivity contribution in [1.82, 2.24) is 15.3 Å². The van der Waals surface area contributed by atoms with Gasteiger partial charge in [-0.25, -0.2) is 23.4 Å². The molecule has 4 rings (SSSR count). The molecule has 0 radical (unpaired) electrons. The van der Waals surface area contributed by atoms with Crippen molar-refractivity contribution < 1.29 is 45.9 Å². The fourth-order valence-electron chi connectivity index (χ4n) is 5.42. The van der Waals surface area contributed by atoms with Gasteiger partial charge in [0.25, 0.3) is 5.91 Å². The molecule has 10 nitrogen and oxygen atoms in total. The van der Waals surface area contributed by atoms with E-state index >= 15 is 0 Å². The third-order valence-electron chi connectivity index (χ3n) is 7.37. The van der Waals surface area contributed by atoms with Crippen LogP contribution in [0.4, 0.5) is 18.0 Å². The van der Waals surface area contributed by atoms with Gasteiger partial charge in [0.05, 0.1) is 13.2 Å². The normalized spacial score (nSPS) is 22.5. The second kappa shape index (κ2) is 11.4. The molecule has 3 saturated heterocycles. The van der Waals surface area contributed by atoms with Crippen molar-refractivity contribution in [2.75, 3.05) is 39.4 Å². The Morgan fingerprint density at radius 2 is 1.65 bits per heavy atom. The van der Waals surface area contributed by atoms with Gasteiger partial charge in [-0.3, -0.25) is 14.9 Å². The summed E-state index contributed by atoms with van der Waals surface area (Å²) in [5, 5.41) is 9.45. The first kappa shape index (κ1) is 27.4. The molecule has 0 aliphatic carbocycles. The molecule has 3 aliphatic heterocycles. The van der Waals surface area contributed by atoms with Gasteiger partial charge in [0.1, 0.15) is 34.0 Å². The van der Waals surface area contributed by atoms with E-state index in [4.69, 9.17) is 9.47 Å². The van der Waals surface area contributed by atoms with Crippen LogP contribution in [0.5, 0.6) is 0 Å². The molecule has 14 heteroatoms. The molecule has 37 heavy (non-hydrogen) atoms. The monoisotopic (exact) mass is 547 g/mol. The number of hydrogen-bond donors (Lipinski definition) is 2. The van der Waals surface area contributed by atoms with Crippen LogP contribution in [0.1, 0.15) is 43.6 Å². The molecule has 0 bridgehead atoms. The Balaban J connectivity index is 1.50. The summed E-state index contributed by atoms with van der Waals surface area (Å²) in [5.41, 5.74) is -0.353. The Labute approximate surface area is 212 Å². The Kier molecular flexibility index (Phi) is 8.41. The number of rotatable bonds is 4. The Bertz CT molecular complexity index is 1140. The predicted octanol–water partition coefficient (Wildman–Crippen LogP) is 1.81. The zero-order valence-electron chi connectivity index (χ0n) is 19.9. The van der Waals surface area contributed by atoms with Gasteiger partial charge < -0.3 is 14.4 Å². The van der Waals surface area contributed by atoms with Gasteiger partial charge in [-0.2, -0.15) is 8.42 Å². The molecule has 1 unspecified atom stereocenters. The third-order valence-corrected chi connectivity index (χ3v) is 8.33. The molecule has 3 aliphatic rings. The van der Waals surface area contributed by atoms with Crippen molar-refractivity contribution in [3.8, 4) is 0 Å². The van der Waals surface area contributed by atoms with E-state index in [0.29, 0.717) is 31.8 Å². The molecule has 0 saturated carbocycles. The van der Waals surface area contributed by atoms with Gasteiger partial charge >= 0.3 is 6.09 Å². The minimum Gasteiger partial charge on any atom is -0.444 e. The zero-order valence-corrected chi connectivity index (χ0v) is 20.7. The summed E-state index contributed by atoms with van der Waals surface area (Å²) in [5.74, 6) is -4.59. The summed E-state index contributed by atoms with van der Waals surface area (Å²) in [4.78, 5) is 28.0. The summed E-state index contributed by atoms with van der Waals surface area (Å²) in [6.45, 7) is 0.899. The molecule has 0 spiro atoms. The van der Waals surface area contributed by atoms with Crippen LogP contribution < -0.4 is 5.48 Å². The molecule has 3 heterocycles. The van der Waals surface area contributed by atoms with Crippen molar-refractivity contribution in [3.63, 3.8) is 0 Å². The van der Waals surface area contributed by atoms with Crippen LogP contribution in [0.2, 0.25) is 0 Å². The second-order valence-corrected chi connectivity index (χ2v) is 10.3. The average molecular weight is 548 g/mol. The lowest BCUT2D eigenvalue weighted by Crippen LogP contribution is -2.59. The molecule has 0 aromatic heterocycles. The number of ether oxygens (including phenoxy) is 2. The number of likely N-dealkylation sites (tertiary alicyclic amines) is 2. The van der Waals surface area contributed by atoms with Gasteiger partial charge in [-0.05, 0) is 31.6 Å². The van der Waals surface area contributed by atoms with Crippen LogP contribution in [-0.4, -0.2) is 85.9 Å². The summed E-state index contributed by atoms with van der Waals surface area (Å²) in [6.07, 6.45) is -0.278. The summed E-state index contributed by atoms with van der Waals surface area (Å²) in [6, 6.07) is 1.21. The van der Waals surface area contributed by atoms with E-state index in [-0.39, 0.29) is 68.5 Å². The first-order chi connectivity index (χ1) is 17.7. The topological polar surface area (TPSA) is 125 Å². The highest BCUT2D eigenvalue weighted by molar-refractivity contribution is 7.73. The van der Waals surface area contributed by atoms with E-state index in [2.05, 4.69) is 0 Å². The molecular formula is C23H28F3N3O7S. The number of carbonyl (C=O) groups excluding carboxylic acids is 2. The lowest BCUT2D eigenvalue weighted by atomic mass is 9.76. The Morgan fingerprint density at radius 1 is 1.03 bits per heavy atom. The summed E-state index contributed by atoms with van der Waals surface area (Å²) in [7, 11) is -2.88. The van der Waals surface area contributed by atoms with Crippen LogP contribution >= 0.6 is 0 Å². The Morgan fingerprint density at radius 3 is 2.16 bits per heavy atom. The highest BCUT2D eigenvalue weighted by Crippen LogP contribution is 2.38. The maximum Gasteiger partial charge on any atom is 0.410 e. The number of hydrogen-bond acceptors (Lipinski definition) is 7. The van der Waals surface area contributed by atoms with Crippen LogP contribution in [0, 0.1) is 22.9 Å². The van der Waals surface area contributed by atoms with E-state index < -0.39 is 51.1 Å². The highest BCUT2D eigenvalue weighted by atomic mass is 32.2. The first-order valence-corrected chi connectivity index (χ1v) is 13.1. The maximum absolute atomic E-state index is 14.3. The number of amides is 2. The van der Waals surface area contributed by atoms with Crippen molar-refractivity contribution in [2.45, 2.75) is 44.1 Å². The van der Waals surface area contributed by atoms with E-state index in [1.807, 2.05) is 0 Å². The van der Waals surface area contributed by atoms with Gasteiger partial charge in [-0.15, -0.1) is 0 Å². The molecule has 204 valence electrons. The minimum absolute atomic E-state index is 0.00297. The largest absolute Gasteiger partial charge is 0.444 e. The number of hydroxylamine groups is 1. The number of piperidine rings is 2. The highest BCUT2D eigenvalue weighted by Gasteiger charge is 2.50. The van der Waals surface area contributed by atoms with E-state index in [1.54, 1.807) is 5.48 Å². The molecule has 3 fully saturated rings. The summed E-state index contributed by atoms with van der Waals surface area (Å²) < 4.78 is 77.4. The number of carbonyl (C=O) groups is 2. The molecule has 2 amide bonds. The third kappa shape index (κ3) is 5.61.